The molecule has 0 aliphatic rings. The molecule has 0 radical (unpaired) electrons. The Bertz CT molecular complexity index is 763. The van der Waals surface area contributed by atoms with E-state index in [-0.39, 0.29) is 23.5 Å². The molecule has 114 valence electrons. The molecule has 4 nitrogen and oxygen atoms in total. The van der Waals surface area contributed by atoms with E-state index in [1.54, 1.807) is 0 Å². The summed E-state index contributed by atoms with van der Waals surface area (Å²) in [4.78, 5) is 0.726. The molecule has 0 fully saturated rings. The van der Waals surface area contributed by atoms with Gasteiger partial charge in [0.2, 0.25) is 10.0 Å². The van der Waals surface area contributed by atoms with Gasteiger partial charge in [0.1, 0.15) is 16.5 Å². The highest BCUT2D eigenvalue weighted by Crippen LogP contribution is 2.31. The molecule has 2 rings (SSSR count). The van der Waals surface area contributed by atoms with Gasteiger partial charge >= 0.3 is 0 Å². The van der Waals surface area contributed by atoms with E-state index in [4.69, 9.17) is 5.73 Å². The van der Waals surface area contributed by atoms with Crippen molar-refractivity contribution in [3.8, 4) is 0 Å². The molecule has 0 spiro atoms. The Labute approximate surface area is 133 Å². The molecule has 0 saturated carbocycles. The summed E-state index contributed by atoms with van der Waals surface area (Å²) in [5, 5.41) is 0. The summed E-state index contributed by atoms with van der Waals surface area (Å²) < 4.78 is 53.5. The number of sulfonamides is 1. The van der Waals surface area contributed by atoms with E-state index in [9.17, 15) is 17.2 Å². The van der Waals surface area contributed by atoms with E-state index in [0.29, 0.717) is 8.66 Å². The van der Waals surface area contributed by atoms with Crippen molar-refractivity contribution in [2.45, 2.75) is 18.0 Å². The van der Waals surface area contributed by atoms with Crippen LogP contribution in [0.4, 0.5) is 8.78 Å². The minimum atomic E-state index is -3.84. The minimum Gasteiger partial charge on any atom is -0.326 e. The maximum atomic E-state index is 13.5. The zero-order chi connectivity index (χ0) is 15.6. The predicted molar refractivity (Wildman–Crippen MR) is 80.3 cm³/mol. The van der Waals surface area contributed by atoms with Crippen molar-refractivity contribution >= 4 is 37.3 Å². The van der Waals surface area contributed by atoms with E-state index in [2.05, 4.69) is 20.7 Å². The fourth-order valence-electron chi connectivity index (χ4n) is 1.61. The average Bonchev–Trinajstić information content (AvgIpc) is 2.82. The molecule has 3 N–H and O–H groups in total. The van der Waals surface area contributed by atoms with Gasteiger partial charge in [0.15, 0.2) is 0 Å². The topological polar surface area (TPSA) is 72.2 Å². The lowest BCUT2D eigenvalue weighted by Crippen LogP contribution is -2.23. The number of rotatable bonds is 5. The Morgan fingerprint density at radius 3 is 2.62 bits per heavy atom. The molecule has 0 unspecified atom stereocenters. The normalized spacial score (nSPS) is 11.8. The number of hydrogen-bond donors (Lipinski definition) is 2. The third-order valence-electron chi connectivity index (χ3n) is 2.66. The van der Waals surface area contributed by atoms with Gasteiger partial charge in [-0.2, -0.15) is 0 Å². The maximum absolute atomic E-state index is 13.5. The Balaban J connectivity index is 2.21. The van der Waals surface area contributed by atoms with Gasteiger partial charge in [0.05, 0.1) is 3.79 Å². The molecular weight excluding hydrogens is 386 g/mol. The molecule has 0 aliphatic carbocycles. The van der Waals surface area contributed by atoms with Crippen LogP contribution in [0.15, 0.2) is 32.9 Å². The first-order valence-electron chi connectivity index (χ1n) is 5.75. The summed E-state index contributed by atoms with van der Waals surface area (Å²) >= 11 is 4.36. The minimum absolute atomic E-state index is 0.0322. The van der Waals surface area contributed by atoms with E-state index in [1.807, 2.05) is 0 Å². The van der Waals surface area contributed by atoms with Crippen LogP contribution in [0.3, 0.4) is 0 Å². The summed E-state index contributed by atoms with van der Waals surface area (Å²) in [6.07, 6.45) is 0. The zero-order valence-corrected chi connectivity index (χ0v) is 13.8. The van der Waals surface area contributed by atoms with E-state index >= 15 is 0 Å². The lowest BCUT2D eigenvalue weighted by Gasteiger charge is -2.07. The van der Waals surface area contributed by atoms with Crippen molar-refractivity contribution in [3.63, 3.8) is 0 Å². The first kappa shape index (κ1) is 16.5. The summed E-state index contributed by atoms with van der Waals surface area (Å²) in [6.45, 7) is -0.122. The molecule has 21 heavy (non-hydrogen) atoms. The Morgan fingerprint density at radius 2 is 2.00 bits per heavy atom. The van der Waals surface area contributed by atoms with Crippen LogP contribution in [0, 0.1) is 11.6 Å². The van der Waals surface area contributed by atoms with Crippen LogP contribution in [0.5, 0.6) is 0 Å². The highest BCUT2D eigenvalue weighted by atomic mass is 79.9. The average molecular weight is 397 g/mol. The summed E-state index contributed by atoms with van der Waals surface area (Å²) in [5.74, 6) is -1.31. The molecule has 0 bridgehead atoms. The predicted octanol–water partition coefficient (Wildman–Crippen LogP) is 2.73. The first-order valence-corrected chi connectivity index (χ1v) is 8.84. The van der Waals surface area contributed by atoms with Crippen LogP contribution >= 0.6 is 27.3 Å². The van der Waals surface area contributed by atoms with Crippen molar-refractivity contribution in [2.24, 2.45) is 5.73 Å². The number of thiophene rings is 1. The highest BCUT2D eigenvalue weighted by Gasteiger charge is 2.21. The van der Waals surface area contributed by atoms with Gasteiger partial charge in [0, 0.05) is 23.5 Å². The molecule has 9 heteroatoms. The third kappa shape index (κ3) is 3.86. The van der Waals surface area contributed by atoms with Gasteiger partial charge in [-0.05, 0) is 40.2 Å². The third-order valence-corrected chi connectivity index (χ3v) is 6.33. The van der Waals surface area contributed by atoms with Gasteiger partial charge in [0.25, 0.3) is 0 Å². The van der Waals surface area contributed by atoms with Crippen molar-refractivity contribution in [3.05, 3.63) is 50.1 Å². The maximum Gasteiger partial charge on any atom is 0.242 e. The standard InChI is InChI=1S/C12H11BrF2N2O2S2/c13-12-11(4-9(5-16)20-12)21(18,19)17-6-7-3-8(14)1-2-10(7)15/h1-4,17H,5-6,16H2. The number of halogens is 3. The van der Waals surface area contributed by atoms with Gasteiger partial charge in [-0.3, -0.25) is 0 Å². The molecular formula is C12H11BrF2N2O2S2. The second-order valence-electron chi connectivity index (χ2n) is 4.12. The van der Waals surface area contributed by atoms with Crippen LogP contribution < -0.4 is 10.5 Å². The summed E-state index contributed by atoms with van der Waals surface area (Å²) in [6, 6.07) is 4.31. The number of hydrogen-bond acceptors (Lipinski definition) is 4. The van der Waals surface area contributed by atoms with Crippen LogP contribution in [0.1, 0.15) is 10.4 Å². The Kier molecular flexibility index (Phi) is 5.10. The summed E-state index contributed by atoms with van der Waals surface area (Å²) in [7, 11) is -3.84. The second-order valence-corrected chi connectivity index (χ2v) is 8.31. The van der Waals surface area contributed by atoms with E-state index in [0.717, 1.165) is 18.2 Å². The van der Waals surface area contributed by atoms with Crippen LogP contribution in [-0.4, -0.2) is 8.42 Å². The summed E-state index contributed by atoms with van der Waals surface area (Å²) in [5.41, 5.74) is 5.39. The highest BCUT2D eigenvalue weighted by molar-refractivity contribution is 9.11. The van der Waals surface area contributed by atoms with Gasteiger partial charge in [-0.25, -0.2) is 21.9 Å². The van der Waals surface area contributed by atoms with Crippen LogP contribution in [0.25, 0.3) is 0 Å². The fourth-order valence-corrected chi connectivity index (χ4v) is 5.18. The molecule has 2 aromatic rings. The van der Waals surface area contributed by atoms with Gasteiger partial charge in [-0.15, -0.1) is 11.3 Å². The molecule has 1 aromatic heterocycles. The lowest BCUT2D eigenvalue weighted by molar-refractivity contribution is 0.567. The molecule has 1 heterocycles. The number of benzene rings is 1. The fraction of sp³-hybridized carbons (Fsp3) is 0.167. The molecule has 0 amide bonds. The van der Waals surface area contributed by atoms with Crippen LogP contribution in [0.2, 0.25) is 0 Å². The smallest absolute Gasteiger partial charge is 0.242 e. The molecule has 1 aromatic carbocycles. The van der Waals surface area contributed by atoms with E-state index in [1.165, 1.54) is 17.4 Å². The largest absolute Gasteiger partial charge is 0.326 e. The van der Waals surface area contributed by atoms with E-state index < -0.39 is 21.7 Å². The first-order chi connectivity index (χ1) is 9.83. The van der Waals surface area contributed by atoms with Crippen molar-refractivity contribution < 1.29 is 17.2 Å². The zero-order valence-electron chi connectivity index (χ0n) is 10.6. The molecule has 0 aliphatic heterocycles. The van der Waals surface area contributed by atoms with Gasteiger partial charge in [-0.1, -0.05) is 0 Å². The molecule has 0 saturated heterocycles. The van der Waals surface area contributed by atoms with Crippen LogP contribution in [-0.2, 0) is 23.1 Å². The van der Waals surface area contributed by atoms with Gasteiger partial charge < -0.3 is 5.73 Å². The molecule has 0 atom stereocenters. The quantitative estimate of drug-likeness (QED) is 0.815. The van der Waals surface area contributed by atoms with Crippen molar-refractivity contribution in [1.29, 1.82) is 0 Å². The SMILES string of the molecule is NCc1cc(S(=O)(=O)NCc2cc(F)ccc2F)c(Br)s1. The number of nitrogens with two attached hydrogens (primary N) is 1. The van der Waals surface area contributed by atoms with Crippen molar-refractivity contribution in [1.82, 2.24) is 4.72 Å². The Morgan fingerprint density at radius 1 is 1.29 bits per heavy atom. The van der Waals surface area contributed by atoms with Crippen molar-refractivity contribution in [2.75, 3.05) is 0 Å². The Hall–Kier alpha value is -0.870. The monoisotopic (exact) mass is 396 g/mol. The lowest BCUT2D eigenvalue weighted by atomic mass is 10.2. The second kappa shape index (κ2) is 6.49. The number of nitrogens with one attached hydrogen (secondary N) is 1.